The fourth-order valence-electron chi connectivity index (χ4n) is 2.31. The standard InChI is InChI=1S/C12H13IN2O5S/c13-9-2-1-8(12(17)18)4-10(9)15-5-7(3-11(15)16)6-21(14,19)20/h1-2,4,7H,3,5-6H2,(H,17,18)(H2,14,19,20). The number of halogens is 1. The predicted molar refractivity (Wildman–Crippen MR) is 84.6 cm³/mol. The van der Waals surface area contributed by atoms with Crippen LogP contribution in [0.1, 0.15) is 16.8 Å². The van der Waals surface area contributed by atoms with Crippen LogP contribution in [0.5, 0.6) is 0 Å². The van der Waals surface area contributed by atoms with Gasteiger partial charge in [-0.2, -0.15) is 0 Å². The minimum atomic E-state index is -3.64. The van der Waals surface area contributed by atoms with Crippen LogP contribution < -0.4 is 10.0 Å². The van der Waals surface area contributed by atoms with Crippen LogP contribution in [0.3, 0.4) is 0 Å². The number of carbonyl (C=O) groups is 2. The summed E-state index contributed by atoms with van der Waals surface area (Å²) in [7, 11) is -3.64. The second-order valence-corrected chi connectivity index (χ2v) is 7.70. The van der Waals surface area contributed by atoms with E-state index in [9.17, 15) is 18.0 Å². The number of rotatable bonds is 4. The molecule has 7 nitrogen and oxygen atoms in total. The predicted octanol–water partition coefficient (Wildman–Crippen LogP) is 0.631. The SMILES string of the molecule is NS(=O)(=O)CC1CC(=O)N(c2cc(C(=O)O)ccc2I)C1. The Labute approximate surface area is 135 Å². The number of hydrogen-bond donors (Lipinski definition) is 2. The quantitative estimate of drug-likeness (QED) is 0.688. The molecule has 0 radical (unpaired) electrons. The molecule has 1 aliphatic heterocycles. The molecule has 1 atom stereocenters. The summed E-state index contributed by atoms with van der Waals surface area (Å²) < 4.78 is 23.0. The Morgan fingerprint density at radius 2 is 2.14 bits per heavy atom. The summed E-state index contributed by atoms with van der Waals surface area (Å²) in [5.74, 6) is -1.95. The van der Waals surface area contributed by atoms with Gasteiger partial charge in [-0.05, 0) is 40.8 Å². The van der Waals surface area contributed by atoms with Crippen LogP contribution in [0.15, 0.2) is 18.2 Å². The maximum absolute atomic E-state index is 12.0. The zero-order valence-electron chi connectivity index (χ0n) is 10.8. The monoisotopic (exact) mass is 424 g/mol. The molecule has 1 aliphatic rings. The second kappa shape index (κ2) is 5.89. The van der Waals surface area contributed by atoms with Gasteiger partial charge < -0.3 is 10.0 Å². The van der Waals surface area contributed by atoms with Gasteiger partial charge >= 0.3 is 5.97 Å². The normalized spacial score (nSPS) is 19.0. The fraction of sp³-hybridized carbons (Fsp3) is 0.333. The molecule has 1 aromatic rings. The maximum Gasteiger partial charge on any atom is 0.335 e. The van der Waals surface area contributed by atoms with Crippen molar-refractivity contribution in [3.8, 4) is 0 Å². The number of primary sulfonamides is 1. The van der Waals surface area contributed by atoms with Gasteiger partial charge in [-0.3, -0.25) is 4.79 Å². The van der Waals surface area contributed by atoms with Crippen LogP contribution in [-0.4, -0.2) is 37.7 Å². The first-order valence-corrected chi connectivity index (χ1v) is 8.80. The van der Waals surface area contributed by atoms with Crippen molar-refractivity contribution in [2.24, 2.45) is 11.1 Å². The van der Waals surface area contributed by atoms with Gasteiger partial charge in [-0.25, -0.2) is 18.4 Å². The summed E-state index contributed by atoms with van der Waals surface area (Å²) in [6, 6.07) is 4.48. The third kappa shape index (κ3) is 3.92. The average molecular weight is 424 g/mol. The summed E-state index contributed by atoms with van der Waals surface area (Å²) in [5, 5.41) is 14.0. The van der Waals surface area contributed by atoms with Gasteiger partial charge in [0.2, 0.25) is 15.9 Å². The molecule has 1 unspecified atom stereocenters. The molecule has 21 heavy (non-hydrogen) atoms. The first-order valence-electron chi connectivity index (χ1n) is 6.01. The van der Waals surface area contributed by atoms with Gasteiger partial charge in [0.05, 0.1) is 17.0 Å². The number of anilines is 1. The lowest BCUT2D eigenvalue weighted by Gasteiger charge is -2.19. The summed E-state index contributed by atoms with van der Waals surface area (Å²) in [4.78, 5) is 24.5. The topological polar surface area (TPSA) is 118 Å². The van der Waals surface area contributed by atoms with Crippen molar-refractivity contribution >= 4 is 50.2 Å². The molecule has 9 heteroatoms. The lowest BCUT2D eigenvalue weighted by molar-refractivity contribution is -0.117. The summed E-state index contributed by atoms with van der Waals surface area (Å²) >= 11 is 2.01. The second-order valence-electron chi connectivity index (χ2n) is 4.88. The molecular weight excluding hydrogens is 411 g/mol. The highest BCUT2D eigenvalue weighted by Gasteiger charge is 2.33. The average Bonchev–Trinajstić information content (AvgIpc) is 2.67. The highest BCUT2D eigenvalue weighted by atomic mass is 127. The molecule has 2 rings (SSSR count). The van der Waals surface area contributed by atoms with Gasteiger partial charge in [0.1, 0.15) is 0 Å². The maximum atomic E-state index is 12.0. The Kier molecular flexibility index (Phi) is 4.54. The number of carboxylic acids is 1. The largest absolute Gasteiger partial charge is 0.478 e. The number of aromatic carboxylic acids is 1. The van der Waals surface area contributed by atoms with Crippen molar-refractivity contribution < 1.29 is 23.1 Å². The molecule has 0 spiro atoms. The molecule has 1 amide bonds. The molecule has 1 saturated heterocycles. The molecular formula is C12H13IN2O5S. The van der Waals surface area contributed by atoms with Gasteiger partial charge in [0, 0.05) is 22.5 Å². The molecule has 1 aromatic carbocycles. The summed E-state index contributed by atoms with van der Waals surface area (Å²) in [6.07, 6.45) is 0.0871. The number of nitrogens with zero attached hydrogens (tertiary/aromatic N) is 1. The third-order valence-electron chi connectivity index (χ3n) is 3.16. The Hall–Kier alpha value is -1.20. The van der Waals surface area contributed by atoms with Crippen LogP contribution in [0.2, 0.25) is 0 Å². The fourth-order valence-corrected chi connectivity index (χ4v) is 3.81. The third-order valence-corrected chi connectivity index (χ3v) is 5.01. The van der Waals surface area contributed by atoms with Crippen molar-refractivity contribution in [2.75, 3.05) is 17.2 Å². The van der Waals surface area contributed by atoms with Crippen LogP contribution in [0.25, 0.3) is 0 Å². The number of sulfonamides is 1. The van der Waals surface area contributed by atoms with Crippen LogP contribution in [0.4, 0.5) is 5.69 Å². The van der Waals surface area contributed by atoms with Crippen LogP contribution in [-0.2, 0) is 14.8 Å². The van der Waals surface area contributed by atoms with Crippen molar-refractivity contribution in [2.45, 2.75) is 6.42 Å². The van der Waals surface area contributed by atoms with Crippen molar-refractivity contribution in [3.63, 3.8) is 0 Å². The molecule has 0 bridgehead atoms. The molecule has 1 fully saturated rings. The minimum Gasteiger partial charge on any atom is -0.478 e. The summed E-state index contributed by atoms with van der Waals surface area (Å²) in [6.45, 7) is 0.217. The Balaban J connectivity index is 2.28. The van der Waals surface area contributed by atoms with E-state index in [1.165, 1.54) is 17.0 Å². The number of hydrogen-bond acceptors (Lipinski definition) is 4. The van der Waals surface area contributed by atoms with Crippen molar-refractivity contribution in [1.82, 2.24) is 0 Å². The van der Waals surface area contributed by atoms with E-state index in [1.807, 2.05) is 22.6 Å². The highest BCUT2D eigenvalue weighted by Crippen LogP contribution is 2.30. The Bertz CT molecular complexity index is 704. The van der Waals surface area contributed by atoms with Gasteiger partial charge in [-0.1, -0.05) is 0 Å². The van der Waals surface area contributed by atoms with E-state index in [0.29, 0.717) is 5.69 Å². The van der Waals surface area contributed by atoms with Crippen LogP contribution in [0, 0.1) is 9.49 Å². The van der Waals surface area contributed by atoms with E-state index in [4.69, 9.17) is 10.2 Å². The Morgan fingerprint density at radius 1 is 1.48 bits per heavy atom. The van der Waals surface area contributed by atoms with Gasteiger partial charge in [0.25, 0.3) is 0 Å². The van der Waals surface area contributed by atoms with Crippen molar-refractivity contribution in [1.29, 1.82) is 0 Å². The van der Waals surface area contributed by atoms with E-state index in [-0.39, 0.29) is 36.1 Å². The Morgan fingerprint density at radius 3 is 2.71 bits per heavy atom. The lowest BCUT2D eigenvalue weighted by Crippen LogP contribution is -2.28. The molecule has 0 saturated carbocycles. The molecule has 1 heterocycles. The van der Waals surface area contributed by atoms with Gasteiger partial charge in [-0.15, -0.1) is 0 Å². The number of nitrogens with two attached hydrogens (primary N) is 1. The van der Waals surface area contributed by atoms with Crippen molar-refractivity contribution in [3.05, 3.63) is 27.3 Å². The number of amides is 1. The number of benzene rings is 1. The smallest absolute Gasteiger partial charge is 0.335 e. The van der Waals surface area contributed by atoms with E-state index >= 15 is 0 Å². The zero-order valence-corrected chi connectivity index (χ0v) is 13.8. The van der Waals surface area contributed by atoms with E-state index in [2.05, 4.69) is 0 Å². The molecule has 3 N–H and O–H groups in total. The van der Waals surface area contributed by atoms with E-state index in [1.54, 1.807) is 6.07 Å². The van der Waals surface area contributed by atoms with E-state index < -0.39 is 16.0 Å². The van der Waals surface area contributed by atoms with Gasteiger partial charge in [0.15, 0.2) is 0 Å². The first kappa shape index (κ1) is 16.2. The highest BCUT2D eigenvalue weighted by molar-refractivity contribution is 14.1. The number of carbonyl (C=O) groups excluding carboxylic acids is 1. The lowest BCUT2D eigenvalue weighted by atomic mass is 10.1. The minimum absolute atomic E-state index is 0.0770. The van der Waals surface area contributed by atoms with E-state index in [0.717, 1.165) is 3.57 Å². The number of carboxylic acid groups (broad SMARTS) is 1. The van der Waals surface area contributed by atoms with Crippen LogP contribution >= 0.6 is 22.6 Å². The molecule has 114 valence electrons. The summed E-state index contributed by atoms with van der Waals surface area (Å²) in [5.41, 5.74) is 0.561. The molecule has 0 aliphatic carbocycles. The first-order chi connectivity index (χ1) is 9.67. The zero-order chi connectivity index (χ0) is 15.8. The molecule has 0 aromatic heterocycles.